The van der Waals surface area contributed by atoms with Gasteiger partial charge in [-0.15, -0.1) is 0 Å². The lowest BCUT2D eigenvalue weighted by atomic mass is 9.88. The summed E-state index contributed by atoms with van der Waals surface area (Å²) in [7, 11) is 1.24. The van der Waals surface area contributed by atoms with Crippen molar-refractivity contribution in [3.8, 4) is 11.4 Å². The molecule has 0 radical (unpaired) electrons. The molecule has 0 aliphatic carbocycles. The van der Waals surface area contributed by atoms with Gasteiger partial charge < -0.3 is 10.2 Å². The summed E-state index contributed by atoms with van der Waals surface area (Å²) in [5.74, 6) is -6.19. The second-order valence-electron chi connectivity index (χ2n) is 8.42. The molecule has 15 heteroatoms. The van der Waals surface area contributed by atoms with Crippen molar-refractivity contribution >= 4 is 11.9 Å². The van der Waals surface area contributed by atoms with Crippen molar-refractivity contribution in [2.24, 2.45) is 13.0 Å². The van der Waals surface area contributed by atoms with Gasteiger partial charge >= 0.3 is 6.18 Å². The lowest BCUT2D eigenvalue weighted by Crippen LogP contribution is -2.57. The molecule has 4 rings (SSSR count). The van der Waals surface area contributed by atoms with Gasteiger partial charge in [-0.25, -0.2) is 33.4 Å². The second-order valence-corrected chi connectivity index (χ2v) is 8.42. The summed E-state index contributed by atoms with van der Waals surface area (Å²) in [4.78, 5) is 29.4. The Hall–Kier alpha value is -3.78. The molecule has 0 aromatic carbocycles. The van der Waals surface area contributed by atoms with Gasteiger partial charge in [0.05, 0.1) is 18.2 Å². The fourth-order valence-electron chi connectivity index (χ4n) is 4.06. The number of rotatable bonds is 5. The number of likely N-dealkylation sites (tertiary alicyclic amines) is 1. The number of nitrogens with one attached hydrogen (secondary N) is 1. The maximum Gasteiger partial charge on any atom is 0.419 e. The smallest absolute Gasteiger partial charge is 0.352 e. The summed E-state index contributed by atoms with van der Waals surface area (Å²) in [6.07, 6.45) is -1.33. The molecule has 1 aliphatic rings. The van der Waals surface area contributed by atoms with E-state index in [9.17, 15) is 31.1 Å². The summed E-state index contributed by atoms with van der Waals surface area (Å²) in [5, 5.41) is 6.59. The van der Waals surface area contributed by atoms with Gasteiger partial charge in [-0.05, 0) is 12.0 Å². The van der Waals surface area contributed by atoms with E-state index < -0.39 is 60.1 Å². The van der Waals surface area contributed by atoms with Crippen LogP contribution < -0.4 is 5.32 Å². The highest BCUT2D eigenvalue weighted by Gasteiger charge is 2.47. The van der Waals surface area contributed by atoms with Crippen molar-refractivity contribution in [2.45, 2.75) is 31.5 Å². The highest BCUT2D eigenvalue weighted by atomic mass is 19.4. The third kappa shape index (κ3) is 5.09. The van der Waals surface area contributed by atoms with Gasteiger partial charge in [0.25, 0.3) is 11.8 Å². The predicted molar refractivity (Wildman–Crippen MR) is 113 cm³/mol. The molecule has 3 aromatic rings. The van der Waals surface area contributed by atoms with Crippen molar-refractivity contribution < 1.29 is 31.1 Å². The zero-order chi connectivity index (χ0) is 26.3. The number of amides is 1. The minimum Gasteiger partial charge on any atom is -0.352 e. The van der Waals surface area contributed by atoms with E-state index in [1.165, 1.54) is 32.4 Å². The third-order valence-electron chi connectivity index (χ3n) is 5.76. The molecule has 192 valence electrons. The predicted octanol–water partition coefficient (Wildman–Crippen LogP) is 3.42. The molecule has 1 saturated heterocycles. The first-order valence-electron chi connectivity index (χ1n) is 10.7. The van der Waals surface area contributed by atoms with E-state index in [1.54, 1.807) is 0 Å². The molecule has 1 fully saturated rings. The molecule has 9 nitrogen and oxygen atoms in total. The first-order chi connectivity index (χ1) is 16.9. The van der Waals surface area contributed by atoms with Crippen LogP contribution in [0.5, 0.6) is 0 Å². The first kappa shape index (κ1) is 25.3. The van der Waals surface area contributed by atoms with Crippen LogP contribution in [0.3, 0.4) is 0 Å². The maximum atomic E-state index is 14.8. The van der Waals surface area contributed by atoms with E-state index in [0.29, 0.717) is 12.4 Å². The normalized spacial score (nSPS) is 19.8. The average molecular weight is 514 g/mol. The second kappa shape index (κ2) is 9.35. The molecule has 1 aliphatic heterocycles. The molecule has 1 amide bonds. The van der Waals surface area contributed by atoms with Gasteiger partial charge in [-0.2, -0.15) is 22.7 Å². The maximum absolute atomic E-state index is 14.8. The Bertz CT molecular complexity index is 1230. The van der Waals surface area contributed by atoms with E-state index in [1.807, 2.05) is 0 Å². The van der Waals surface area contributed by atoms with Crippen LogP contribution in [0, 0.1) is 11.9 Å². The van der Waals surface area contributed by atoms with Crippen LogP contribution in [0.1, 0.15) is 29.4 Å². The number of hydrogen-bond donors (Lipinski definition) is 1. The van der Waals surface area contributed by atoms with Gasteiger partial charge in [0.2, 0.25) is 11.9 Å². The Morgan fingerprint density at radius 3 is 2.42 bits per heavy atom. The van der Waals surface area contributed by atoms with Crippen LogP contribution >= 0.6 is 0 Å². The van der Waals surface area contributed by atoms with Crippen molar-refractivity contribution in [1.29, 1.82) is 0 Å². The number of hydrogen-bond acceptors (Lipinski definition) is 7. The molecule has 0 saturated carbocycles. The molecule has 0 unspecified atom stereocenters. The lowest BCUT2D eigenvalue weighted by molar-refractivity contribution is -0.138. The van der Waals surface area contributed by atoms with Crippen LogP contribution in [0.4, 0.5) is 32.3 Å². The molecule has 4 heterocycles. The quantitative estimate of drug-likeness (QED) is 0.521. The van der Waals surface area contributed by atoms with Crippen molar-refractivity contribution in [3.05, 3.63) is 48.1 Å². The molecule has 3 aromatic heterocycles. The van der Waals surface area contributed by atoms with Gasteiger partial charge in [-0.3, -0.25) is 4.79 Å². The van der Waals surface area contributed by atoms with Crippen LogP contribution in [0.2, 0.25) is 0 Å². The minimum atomic E-state index is -4.62. The van der Waals surface area contributed by atoms with Crippen molar-refractivity contribution in [3.63, 3.8) is 0 Å². The SMILES string of the molecule is C[C@@H]1CC(F)(F)CN(C(=O)c2nn(C)c(F)c2-c2ncccn2)[C@@H]1CNc1ncc(C(F)(F)F)cn1. The fourth-order valence-corrected chi connectivity index (χ4v) is 4.06. The highest BCUT2D eigenvalue weighted by molar-refractivity contribution is 5.98. The topological polar surface area (TPSA) is 102 Å². The molecule has 1 N–H and O–H groups in total. The van der Waals surface area contributed by atoms with Crippen LogP contribution in [0.15, 0.2) is 30.9 Å². The average Bonchev–Trinajstić information content (AvgIpc) is 3.11. The van der Waals surface area contributed by atoms with Crippen LogP contribution in [0.25, 0.3) is 11.4 Å². The van der Waals surface area contributed by atoms with Crippen LogP contribution in [-0.2, 0) is 13.2 Å². The Labute approximate surface area is 200 Å². The summed E-state index contributed by atoms with van der Waals surface area (Å²) < 4.78 is 82.9. The Morgan fingerprint density at radius 2 is 1.81 bits per heavy atom. The number of aromatic nitrogens is 6. The number of alkyl halides is 5. The number of halogens is 6. The number of carbonyl (C=O) groups is 1. The van der Waals surface area contributed by atoms with Gasteiger partial charge in [0.15, 0.2) is 11.5 Å². The Morgan fingerprint density at radius 1 is 1.17 bits per heavy atom. The Kier molecular flexibility index (Phi) is 6.58. The van der Waals surface area contributed by atoms with E-state index in [2.05, 4.69) is 30.4 Å². The third-order valence-corrected chi connectivity index (χ3v) is 5.76. The highest BCUT2D eigenvalue weighted by Crippen LogP contribution is 2.36. The molecule has 0 bridgehead atoms. The fraction of sp³-hybridized carbons (Fsp3) is 0.429. The standard InChI is InChI=1S/C21H20F6N8O/c1-11-6-20(23,24)10-35(13(11)9-32-19-30-7-12(8-31-19)21(25,26)27)18(36)15-14(16(22)34(2)33-15)17-28-4-3-5-29-17/h3-5,7-8,11,13H,6,9-10H2,1-2H3,(H,30,31,32)/t11-,13-/m1/s1. The van der Waals surface area contributed by atoms with Gasteiger partial charge in [0.1, 0.15) is 5.56 Å². The van der Waals surface area contributed by atoms with E-state index >= 15 is 0 Å². The number of anilines is 1. The number of piperidine rings is 1. The van der Waals surface area contributed by atoms with Crippen LogP contribution in [-0.4, -0.2) is 65.6 Å². The molecular weight excluding hydrogens is 494 g/mol. The summed E-state index contributed by atoms with van der Waals surface area (Å²) >= 11 is 0. The number of nitrogens with zero attached hydrogens (tertiary/aromatic N) is 7. The van der Waals surface area contributed by atoms with Crippen molar-refractivity contribution in [2.75, 3.05) is 18.4 Å². The Balaban J connectivity index is 1.63. The largest absolute Gasteiger partial charge is 0.419 e. The summed E-state index contributed by atoms with van der Waals surface area (Å²) in [6.45, 7) is 0.387. The molecular formula is C21H20F6N8O. The summed E-state index contributed by atoms with van der Waals surface area (Å²) in [5.41, 5.74) is -1.83. The molecule has 2 atom stereocenters. The van der Waals surface area contributed by atoms with E-state index in [-0.39, 0.29) is 23.9 Å². The molecule has 36 heavy (non-hydrogen) atoms. The van der Waals surface area contributed by atoms with Gasteiger partial charge in [0, 0.05) is 44.8 Å². The first-order valence-corrected chi connectivity index (χ1v) is 10.7. The van der Waals surface area contributed by atoms with Crippen molar-refractivity contribution in [1.82, 2.24) is 34.6 Å². The van der Waals surface area contributed by atoms with Gasteiger partial charge in [-0.1, -0.05) is 6.92 Å². The minimum absolute atomic E-state index is 0.143. The zero-order valence-electron chi connectivity index (χ0n) is 19.0. The molecule has 0 spiro atoms. The van der Waals surface area contributed by atoms with E-state index in [0.717, 1.165) is 9.58 Å². The summed E-state index contributed by atoms with van der Waals surface area (Å²) in [6, 6.07) is 0.620. The number of aryl methyl sites for hydroxylation is 1. The number of carbonyl (C=O) groups excluding carboxylic acids is 1. The monoisotopic (exact) mass is 514 g/mol. The zero-order valence-corrected chi connectivity index (χ0v) is 19.0. The van der Waals surface area contributed by atoms with E-state index in [4.69, 9.17) is 0 Å². The lowest BCUT2D eigenvalue weighted by Gasteiger charge is -2.43.